The fourth-order valence-corrected chi connectivity index (χ4v) is 1.69. The lowest BCUT2D eigenvalue weighted by Crippen LogP contribution is -2.21. The molecule has 0 aliphatic heterocycles. The van der Waals surface area contributed by atoms with Gasteiger partial charge >= 0.3 is 5.97 Å². The minimum absolute atomic E-state index is 0.0589. The van der Waals surface area contributed by atoms with E-state index in [1.165, 1.54) is 6.26 Å². The summed E-state index contributed by atoms with van der Waals surface area (Å²) in [6.45, 7) is 1.57. The van der Waals surface area contributed by atoms with E-state index in [-0.39, 0.29) is 6.42 Å². The molecule has 0 fully saturated rings. The van der Waals surface area contributed by atoms with Gasteiger partial charge in [0.1, 0.15) is 5.58 Å². The highest BCUT2D eigenvalue weighted by Gasteiger charge is 2.12. The Kier molecular flexibility index (Phi) is 3.32. The fourth-order valence-electron chi connectivity index (χ4n) is 1.69. The van der Waals surface area contributed by atoms with Crippen molar-refractivity contribution in [2.24, 2.45) is 5.73 Å². The number of benzene rings is 1. The molecule has 0 spiro atoms. The molecule has 2 aromatic rings. The van der Waals surface area contributed by atoms with Crippen molar-refractivity contribution in [3.8, 4) is 0 Å². The second-order valence-corrected chi connectivity index (χ2v) is 4.06. The summed E-state index contributed by atoms with van der Waals surface area (Å²) in [5, 5.41) is 0.872. The Morgan fingerprint density at radius 2 is 2.17 bits per heavy atom. The molecule has 2 N–H and O–H groups in total. The standard InChI is InChI=1S/C13H13NO4/c1-8-2-3-10-9(6-17-11(10)4-8)5-13(16)18-7-12(14)15/h2-4,6H,5,7H2,1H3,(H2,14,15). The van der Waals surface area contributed by atoms with E-state index in [1.54, 1.807) is 0 Å². The second-order valence-electron chi connectivity index (χ2n) is 4.06. The van der Waals surface area contributed by atoms with Gasteiger partial charge < -0.3 is 14.9 Å². The minimum atomic E-state index is -0.670. The summed E-state index contributed by atoms with van der Waals surface area (Å²) in [5.41, 5.74) is 7.43. The first-order chi connectivity index (χ1) is 8.56. The number of carbonyl (C=O) groups excluding carboxylic acids is 2. The molecule has 18 heavy (non-hydrogen) atoms. The van der Waals surface area contributed by atoms with Crippen molar-refractivity contribution >= 4 is 22.8 Å². The monoisotopic (exact) mass is 247 g/mol. The van der Waals surface area contributed by atoms with E-state index in [0.29, 0.717) is 0 Å². The van der Waals surface area contributed by atoms with Gasteiger partial charge in [0.2, 0.25) is 0 Å². The Bertz CT molecular complexity index is 600. The van der Waals surface area contributed by atoms with Crippen LogP contribution in [-0.2, 0) is 20.7 Å². The quantitative estimate of drug-likeness (QED) is 0.826. The molecule has 0 saturated heterocycles. The van der Waals surface area contributed by atoms with Crippen LogP contribution in [0.15, 0.2) is 28.9 Å². The molecule has 0 aliphatic rings. The van der Waals surface area contributed by atoms with Crippen LogP contribution in [0.2, 0.25) is 0 Å². The highest BCUT2D eigenvalue weighted by atomic mass is 16.5. The van der Waals surface area contributed by atoms with Crippen molar-refractivity contribution in [3.05, 3.63) is 35.6 Å². The van der Waals surface area contributed by atoms with Gasteiger partial charge in [-0.2, -0.15) is 0 Å². The van der Waals surface area contributed by atoms with Crippen LogP contribution in [0.1, 0.15) is 11.1 Å². The maximum atomic E-state index is 11.5. The zero-order valence-corrected chi connectivity index (χ0v) is 9.93. The van der Waals surface area contributed by atoms with Crippen LogP contribution in [0.25, 0.3) is 11.0 Å². The molecule has 1 aromatic carbocycles. The Hall–Kier alpha value is -2.30. The van der Waals surface area contributed by atoms with Gasteiger partial charge in [0.05, 0.1) is 12.7 Å². The molecule has 0 bridgehead atoms. The van der Waals surface area contributed by atoms with Crippen molar-refractivity contribution < 1.29 is 18.7 Å². The summed E-state index contributed by atoms with van der Waals surface area (Å²) in [6, 6.07) is 5.73. The summed E-state index contributed by atoms with van der Waals surface area (Å²) >= 11 is 0. The SMILES string of the molecule is Cc1ccc2c(CC(=O)OCC(N)=O)coc2c1. The van der Waals surface area contributed by atoms with E-state index < -0.39 is 18.5 Å². The van der Waals surface area contributed by atoms with Gasteiger partial charge in [0, 0.05) is 10.9 Å². The lowest BCUT2D eigenvalue weighted by Gasteiger charge is -2.00. The molecular weight excluding hydrogens is 234 g/mol. The van der Waals surface area contributed by atoms with Gasteiger partial charge in [0.15, 0.2) is 6.61 Å². The van der Waals surface area contributed by atoms with Gasteiger partial charge in [-0.1, -0.05) is 12.1 Å². The lowest BCUT2D eigenvalue weighted by atomic mass is 10.1. The molecule has 0 atom stereocenters. The van der Waals surface area contributed by atoms with Crippen LogP contribution >= 0.6 is 0 Å². The van der Waals surface area contributed by atoms with Crippen molar-refractivity contribution in [1.82, 2.24) is 0 Å². The predicted molar refractivity (Wildman–Crippen MR) is 64.8 cm³/mol. The number of hydrogen-bond acceptors (Lipinski definition) is 4. The van der Waals surface area contributed by atoms with E-state index in [2.05, 4.69) is 0 Å². The van der Waals surface area contributed by atoms with Crippen LogP contribution in [0.4, 0.5) is 0 Å². The minimum Gasteiger partial charge on any atom is -0.464 e. The average molecular weight is 247 g/mol. The van der Waals surface area contributed by atoms with E-state index in [0.717, 1.165) is 22.1 Å². The number of carbonyl (C=O) groups is 2. The van der Waals surface area contributed by atoms with Crippen molar-refractivity contribution in [2.45, 2.75) is 13.3 Å². The number of ether oxygens (including phenoxy) is 1. The highest BCUT2D eigenvalue weighted by Crippen LogP contribution is 2.22. The third kappa shape index (κ3) is 2.68. The summed E-state index contributed by atoms with van der Waals surface area (Å²) < 4.78 is 10.1. The molecule has 5 nitrogen and oxygen atoms in total. The molecule has 5 heteroatoms. The number of rotatable bonds is 4. The maximum absolute atomic E-state index is 11.5. The number of hydrogen-bond donors (Lipinski definition) is 1. The molecule has 0 saturated carbocycles. The van der Waals surface area contributed by atoms with Crippen LogP contribution in [0, 0.1) is 6.92 Å². The zero-order chi connectivity index (χ0) is 13.1. The molecule has 0 unspecified atom stereocenters. The lowest BCUT2D eigenvalue weighted by molar-refractivity contribution is -0.147. The number of fused-ring (bicyclic) bond motifs is 1. The number of nitrogens with two attached hydrogens (primary N) is 1. The van der Waals surface area contributed by atoms with E-state index in [9.17, 15) is 9.59 Å². The molecule has 1 amide bonds. The first-order valence-electron chi connectivity index (χ1n) is 5.47. The molecule has 0 aliphatic carbocycles. The van der Waals surface area contributed by atoms with Gasteiger partial charge in [-0.15, -0.1) is 0 Å². The molecular formula is C13H13NO4. The topological polar surface area (TPSA) is 82.5 Å². The first-order valence-corrected chi connectivity index (χ1v) is 5.47. The van der Waals surface area contributed by atoms with Crippen molar-refractivity contribution in [1.29, 1.82) is 0 Å². The van der Waals surface area contributed by atoms with Crippen molar-refractivity contribution in [2.75, 3.05) is 6.61 Å². The fraction of sp³-hybridized carbons (Fsp3) is 0.231. The Morgan fingerprint density at radius 3 is 2.89 bits per heavy atom. The third-order valence-corrected chi connectivity index (χ3v) is 2.52. The smallest absolute Gasteiger partial charge is 0.310 e. The van der Waals surface area contributed by atoms with Crippen molar-refractivity contribution in [3.63, 3.8) is 0 Å². The van der Waals surface area contributed by atoms with Crippen LogP contribution in [0.5, 0.6) is 0 Å². The Labute approximate surface area is 104 Å². The van der Waals surface area contributed by atoms with Crippen LogP contribution in [-0.4, -0.2) is 18.5 Å². The number of furan rings is 1. The number of amides is 1. The summed E-state index contributed by atoms with van der Waals surface area (Å²) in [6.07, 6.45) is 1.58. The third-order valence-electron chi connectivity index (χ3n) is 2.52. The maximum Gasteiger partial charge on any atom is 0.310 e. The molecule has 1 aromatic heterocycles. The normalized spacial score (nSPS) is 10.5. The number of aryl methyl sites for hydroxylation is 1. The zero-order valence-electron chi connectivity index (χ0n) is 9.93. The second kappa shape index (κ2) is 4.91. The Balaban J connectivity index is 2.12. The van der Waals surface area contributed by atoms with Gasteiger partial charge in [-0.05, 0) is 18.6 Å². The number of esters is 1. The van der Waals surface area contributed by atoms with Crippen LogP contribution < -0.4 is 5.73 Å². The largest absolute Gasteiger partial charge is 0.464 e. The van der Waals surface area contributed by atoms with E-state index in [1.807, 2.05) is 25.1 Å². The summed E-state index contributed by atoms with van der Waals surface area (Å²) in [4.78, 5) is 21.9. The summed E-state index contributed by atoms with van der Waals surface area (Å²) in [5.74, 6) is -1.17. The predicted octanol–water partition coefficient (Wildman–Crippen LogP) is 1.31. The average Bonchev–Trinajstić information content (AvgIpc) is 2.69. The molecule has 0 radical (unpaired) electrons. The molecule has 1 heterocycles. The number of primary amides is 1. The summed E-state index contributed by atoms with van der Waals surface area (Å²) in [7, 11) is 0. The molecule has 2 rings (SSSR count). The highest BCUT2D eigenvalue weighted by molar-refractivity contribution is 5.87. The molecule has 94 valence electrons. The van der Waals surface area contributed by atoms with Gasteiger partial charge in [-0.3, -0.25) is 9.59 Å². The first kappa shape index (κ1) is 12.2. The van der Waals surface area contributed by atoms with Gasteiger partial charge in [0.25, 0.3) is 5.91 Å². The van der Waals surface area contributed by atoms with E-state index in [4.69, 9.17) is 14.9 Å². The van der Waals surface area contributed by atoms with Crippen LogP contribution in [0.3, 0.4) is 0 Å². The van der Waals surface area contributed by atoms with Gasteiger partial charge in [-0.25, -0.2) is 0 Å². The Morgan fingerprint density at radius 1 is 1.39 bits per heavy atom. The van der Waals surface area contributed by atoms with E-state index >= 15 is 0 Å².